The zero-order chi connectivity index (χ0) is 13.0. The molecular weight excluding hydrogens is 227 g/mol. The summed E-state index contributed by atoms with van der Waals surface area (Å²) < 4.78 is 13.7. The Bertz CT molecular complexity index is 538. The van der Waals surface area contributed by atoms with Gasteiger partial charge in [0.25, 0.3) is 0 Å². The summed E-state index contributed by atoms with van der Waals surface area (Å²) in [6.07, 6.45) is 5.75. The molecule has 0 saturated carbocycles. The van der Waals surface area contributed by atoms with Crippen molar-refractivity contribution in [1.29, 1.82) is 0 Å². The van der Waals surface area contributed by atoms with Gasteiger partial charge in [-0.25, -0.2) is 4.39 Å². The largest absolute Gasteiger partial charge is 0.261 e. The van der Waals surface area contributed by atoms with Crippen molar-refractivity contribution < 1.29 is 4.39 Å². The fourth-order valence-corrected chi connectivity index (χ4v) is 2.03. The van der Waals surface area contributed by atoms with Gasteiger partial charge in [0.05, 0.1) is 5.69 Å². The van der Waals surface area contributed by atoms with Crippen LogP contribution in [0.1, 0.15) is 36.4 Å². The van der Waals surface area contributed by atoms with Gasteiger partial charge in [-0.05, 0) is 36.1 Å². The van der Waals surface area contributed by atoms with Crippen molar-refractivity contribution in [2.24, 2.45) is 0 Å². The maximum absolute atomic E-state index is 13.7. The molecule has 0 fully saturated rings. The molecule has 0 radical (unpaired) electrons. The SMILES string of the molecule is CCc1ncc(Cc2cccnc2CC)cc1F. The number of rotatable bonds is 4. The predicted octanol–water partition coefficient (Wildman–Crippen LogP) is 3.33. The molecule has 0 aliphatic rings. The van der Waals surface area contributed by atoms with E-state index in [0.717, 1.165) is 23.2 Å². The quantitative estimate of drug-likeness (QED) is 0.824. The van der Waals surface area contributed by atoms with Crippen molar-refractivity contribution in [2.75, 3.05) is 0 Å². The van der Waals surface area contributed by atoms with Crippen molar-refractivity contribution in [3.63, 3.8) is 0 Å². The van der Waals surface area contributed by atoms with Gasteiger partial charge < -0.3 is 0 Å². The third-order valence-corrected chi connectivity index (χ3v) is 3.02. The molecule has 0 bridgehead atoms. The fraction of sp³-hybridized carbons (Fsp3) is 0.333. The molecule has 2 heterocycles. The normalized spacial score (nSPS) is 10.6. The smallest absolute Gasteiger partial charge is 0.144 e. The molecule has 2 nitrogen and oxygen atoms in total. The Kier molecular flexibility index (Phi) is 4.03. The molecule has 0 aliphatic carbocycles. The first-order valence-corrected chi connectivity index (χ1v) is 6.30. The lowest BCUT2D eigenvalue weighted by molar-refractivity contribution is 0.599. The van der Waals surface area contributed by atoms with Gasteiger partial charge in [0.1, 0.15) is 5.82 Å². The van der Waals surface area contributed by atoms with Crippen molar-refractivity contribution in [3.8, 4) is 0 Å². The van der Waals surface area contributed by atoms with Crippen LogP contribution >= 0.6 is 0 Å². The van der Waals surface area contributed by atoms with Crippen molar-refractivity contribution >= 4 is 0 Å². The second-order valence-electron chi connectivity index (χ2n) is 4.27. The molecular formula is C15H17FN2. The van der Waals surface area contributed by atoms with E-state index in [9.17, 15) is 4.39 Å². The first-order valence-electron chi connectivity index (χ1n) is 6.30. The summed E-state index contributed by atoms with van der Waals surface area (Å²) in [6, 6.07) is 5.54. The molecule has 0 N–H and O–H groups in total. The molecule has 0 aliphatic heterocycles. The number of nitrogens with zero attached hydrogens (tertiary/aromatic N) is 2. The summed E-state index contributed by atoms with van der Waals surface area (Å²) in [7, 11) is 0. The van der Waals surface area contributed by atoms with Crippen LogP contribution in [0, 0.1) is 5.82 Å². The number of hydrogen-bond acceptors (Lipinski definition) is 2. The standard InChI is InChI=1S/C15H17FN2/c1-3-14-12(6-5-7-17-14)8-11-9-13(16)15(4-2)18-10-11/h5-7,9-10H,3-4,8H2,1-2H3. The second-order valence-corrected chi connectivity index (χ2v) is 4.27. The number of hydrogen-bond donors (Lipinski definition) is 0. The Morgan fingerprint density at radius 1 is 1.11 bits per heavy atom. The van der Waals surface area contributed by atoms with E-state index in [1.165, 1.54) is 0 Å². The zero-order valence-electron chi connectivity index (χ0n) is 10.8. The Hall–Kier alpha value is -1.77. The highest BCUT2D eigenvalue weighted by Gasteiger charge is 2.06. The molecule has 0 spiro atoms. The maximum atomic E-state index is 13.7. The van der Waals surface area contributed by atoms with Gasteiger partial charge in [0.2, 0.25) is 0 Å². The number of pyridine rings is 2. The van der Waals surface area contributed by atoms with E-state index in [2.05, 4.69) is 16.9 Å². The van der Waals surface area contributed by atoms with E-state index in [1.807, 2.05) is 19.1 Å². The van der Waals surface area contributed by atoms with Crippen LogP contribution in [-0.4, -0.2) is 9.97 Å². The number of halogens is 1. The molecule has 3 heteroatoms. The average Bonchev–Trinajstić information content (AvgIpc) is 2.39. The highest BCUT2D eigenvalue weighted by molar-refractivity contribution is 5.28. The van der Waals surface area contributed by atoms with Crippen LogP contribution < -0.4 is 0 Å². The third kappa shape index (κ3) is 2.73. The Morgan fingerprint density at radius 3 is 2.56 bits per heavy atom. The summed E-state index contributed by atoms with van der Waals surface area (Å²) in [4.78, 5) is 8.49. The summed E-state index contributed by atoms with van der Waals surface area (Å²) in [5.74, 6) is -0.211. The minimum absolute atomic E-state index is 0.211. The van der Waals surface area contributed by atoms with E-state index in [1.54, 1.807) is 18.5 Å². The number of aryl methyl sites for hydroxylation is 2. The van der Waals surface area contributed by atoms with E-state index < -0.39 is 0 Å². The second kappa shape index (κ2) is 5.71. The van der Waals surface area contributed by atoms with Gasteiger partial charge in [-0.3, -0.25) is 9.97 Å². The molecule has 0 unspecified atom stereocenters. The van der Waals surface area contributed by atoms with Crippen LogP contribution in [0.15, 0.2) is 30.6 Å². The zero-order valence-corrected chi connectivity index (χ0v) is 10.8. The van der Waals surface area contributed by atoms with E-state index in [-0.39, 0.29) is 5.82 Å². The molecule has 2 rings (SSSR count). The van der Waals surface area contributed by atoms with Crippen LogP contribution in [0.5, 0.6) is 0 Å². The minimum atomic E-state index is -0.211. The Morgan fingerprint density at radius 2 is 1.89 bits per heavy atom. The summed E-state index contributed by atoms with van der Waals surface area (Å²) in [5, 5.41) is 0. The summed E-state index contributed by atoms with van der Waals surface area (Å²) >= 11 is 0. The van der Waals surface area contributed by atoms with Gasteiger partial charge in [-0.2, -0.15) is 0 Å². The van der Waals surface area contributed by atoms with Crippen LogP contribution in [0.2, 0.25) is 0 Å². The monoisotopic (exact) mass is 244 g/mol. The molecule has 94 valence electrons. The predicted molar refractivity (Wildman–Crippen MR) is 70.0 cm³/mol. The topological polar surface area (TPSA) is 25.8 Å². The van der Waals surface area contributed by atoms with E-state index in [0.29, 0.717) is 18.5 Å². The molecule has 18 heavy (non-hydrogen) atoms. The number of aromatic nitrogens is 2. The highest BCUT2D eigenvalue weighted by Crippen LogP contribution is 2.15. The van der Waals surface area contributed by atoms with Gasteiger partial charge in [0.15, 0.2) is 0 Å². The van der Waals surface area contributed by atoms with Gasteiger partial charge >= 0.3 is 0 Å². The fourth-order valence-electron chi connectivity index (χ4n) is 2.03. The van der Waals surface area contributed by atoms with Gasteiger partial charge in [0, 0.05) is 24.5 Å². The lowest BCUT2D eigenvalue weighted by Gasteiger charge is -2.07. The van der Waals surface area contributed by atoms with Crippen molar-refractivity contribution in [3.05, 3.63) is 58.9 Å². The molecule has 0 amide bonds. The Balaban J connectivity index is 2.26. The maximum Gasteiger partial charge on any atom is 0.144 e. The van der Waals surface area contributed by atoms with Crippen LogP contribution in [0.3, 0.4) is 0 Å². The average molecular weight is 244 g/mol. The molecule has 0 aromatic carbocycles. The van der Waals surface area contributed by atoms with Crippen molar-refractivity contribution in [1.82, 2.24) is 9.97 Å². The molecule has 2 aromatic heterocycles. The van der Waals surface area contributed by atoms with Gasteiger partial charge in [-0.15, -0.1) is 0 Å². The van der Waals surface area contributed by atoms with Crippen LogP contribution in [0.25, 0.3) is 0 Å². The minimum Gasteiger partial charge on any atom is -0.261 e. The van der Waals surface area contributed by atoms with Crippen LogP contribution in [0.4, 0.5) is 4.39 Å². The summed E-state index contributed by atoms with van der Waals surface area (Å²) in [6.45, 7) is 3.98. The van der Waals surface area contributed by atoms with Gasteiger partial charge in [-0.1, -0.05) is 19.9 Å². The van der Waals surface area contributed by atoms with Crippen LogP contribution in [-0.2, 0) is 19.3 Å². The first kappa shape index (κ1) is 12.7. The lowest BCUT2D eigenvalue weighted by atomic mass is 10.0. The Labute approximate surface area is 107 Å². The highest BCUT2D eigenvalue weighted by atomic mass is 19.1. The summed E-state index contributed by atoms with van der Waals surface area (Å²) in [5.41, 5.74) is 3.64. The van der Waals surface area contributed by atoms with Crippen molar-refractivity contribution in [2.45, 2.75) is 33.1 Å². The molecule has 0 saturated heterocycles. The lowest BCUT2D eigenvalue weighted by Crippen LogP contribution is -2.00. The first-order chi connectivity index (χ1) is 8.74. The molecule has 2 aromatic rings. The molecule has 0 atom stereocenters. The van der Waals surface area contributed by atoms with E-state index >= 15 is 0 Å². The third-order valence-electron chi connectivity index (χ3n) is 3.02. The van der Waals surface area contributed by atoms with E-state index in [4.69, 9.17) is 0 Å².